The van der Waals surface area contributed by atoms with E-state index in [1.165, 1.54) is 12.1 Å². The Hall–Kier alpha value is -2.17. The Labute approximate surface area is 84.1 Å². The van der Waals surface area contributed by atoms with Crippen LogP contribution in [0.1, 0.15) is 5.56 Å². The zero-order valence-corrected chi connectivity index (χ0v) is 7.89. The Morgan fingerprint density at radius 1 is 1.27 bits per heavy atom. The van der Waals surface area contributed by atoms with E-state index in [-0.39, 0.29) is 11.3 Å². The van der Waals surface area contributed by atoms with Crippen LogP contribution in [0.5, 0.6) is 0 Å². The molecule has 0 amide bonds. The third-order valence-corrected chi connectivity index (χ3v) is 2.16. The molecule has 76 valence electrons. The maximum Gasteiger partial charge on any atom is 0.336 e. The molecular formula is C10H7NO4. The molecular weight excluding hydrogens is 198 g/mol. The van der Waals surface area contributed by atoms with Gasteiger partial charge in [0.1, 0.15) is 5.58 Å². The lowest BCUT2D eigenvalue weighted by molar-refractivity contribution is -0.383. The molecule has 0 atom stereocenters. The van der Waals surface area contributed by atoms with Crippen LogP contribution in [0.2, 0.25) is 0 Å². The van der Waals surface area contributed by atoms with Crippen molar-refractivity contribution in [1.82, 2.24) is 0 Å². The van der Waals surface area contributed by atoms with Gasteiger partial charge in [0, 0.05) is 11.6 Å². The normalized spacial score (nSPS) is 10.5. The van der Waals surface area contributed by atoms with Crippen molar-refractivity contribution >= 4 is 16.7 Å². The van der Waals surface area contributed by atoms with E-state index in [0.29, 0.717) is 10.9 Å². The Balaban J connectivity index is 2.94. The van der Waals surface area contributed by atoms with Crippen molar-refractivity contribution in [2.24, 2.45) is 0 Å². The fraction of sp³-hybridized carbons (Fsp3) is 0.100. The summed E-state index contributed by atoms with van der Waals surface area (Å²) in [6.45, 7) is 1.64. The van der Waals surface area contributed by atoms with E-state index in [1.54, 1.807) is 19.1 Å². The second-order valence-electron chi connectivity index (χ2n) is 3.15. The molecule has 1 heterocycles. The van der Waals surface area contributed by atoms with Crippen LogP contribution in [-0.2, 0) is 0 Å². The third-order valence-electron chi connectivity index (χ3n) is 2.16. The molecule has 0 spiro atoms. The van der Waals surface area contributed by atoms with Crippen molar-refractivity contribution in [3.8, 4) is 0 Å². The molecule has 15 heavy (non-hydrogen) atoms. The molecule has 0 N–H and O–H groups in total. The first-order chi connectivity index (χ1) is 7.09. The number of hydrogen-bond donors (Lipinski definition) is 0. The molecule has 5 nitrogen and oxygen atoms in total. The molecule has 0 aliphatic heterocycles. The van der Waals surface area contributed by atoms with Crippen LogP contribution in [-0.4, -0.2) is 4.92 Å². The van der Waals surface area contributed by atoms with Gasteiger partial charge < -0.3 is 4.42 Å². The maximum absolute atomic E-state index is 10.9. The predicted octanol–water partition coefficient (Wildman–Crippen LogP) is 2.01. The molecule has 2 aromatic rings. The van der Waals surface area contributed by atoms with Crippen molar-refractivity contribution in [1.29, 1.82) is 0 Å². The van der Waals surface area contributed by atoms with E-state index in [1.807, 2.05) is 0 Å². The summed E-state index contributed by atoms with van der Waals surface area (Å²) in [4.78, 5) is 21.2. The molecule has 0 saturated heterocycles. The van der Waals surface area contributed by atoms with Crippen molar-refractivity contribution < 1.29 is 9.34 Å². The Bertz CT molecular complexity index is 600. The number of fused-ring (bicyclic) bond motifs is 1. The maximum atomic E-state index is 10.9. The average Bonchev–Trinajstić information content (AvgIpc) is 2.17. The van der Waals surface area contributed by atoms with E-state index < -0.39 is 10.5 Å². The lowest BCUT2D eigenvalue weighted by Gasteiger charge is -2.00. The smallest absolute Gasteiger partial charge is 0.336 e. The number of rotatable bonds is 1. The largest absolute Gasteiger partial charge is 0.422 e. The van der Waals surface area contributed by atoms with Crippen LogP contribution in [0.4, 0.5) is 5.69 Å². The highest BCUT2D eigenvalue weighted by Crippen LogP contribution is 2.27. The Kier molecular flexibility index (Phi) is 2.00. The average molecular weight is 205 g/mol. The van der Waals surface area contributed by atoms with Gasteiger partial charge in [0.25, 0.3) is 5.69 Å². The van der Waals surface area contributed by atoms with Gasteiger partial charge in [0.05, 0.1) is 10.3 Å². The third kappa shape index (κ3) is 1.48. The minimum Gasteiger partial charge on any atom is -0.422 e. The summed E-state index contributed by atoms with van der Waals surface area (Å²) in [5.74, 6) is 0. The fourth-order valence-electron chi connectivity index (χ4n) is 1.48. The molecule has 1 aromatic carbocycles. The molecule has 0 unspecified atom stereocenters. The predicted molar refractivity (Wildman–Crippen MR) is 53.9 cm³/mol. The van der Waals surface area contributed by atoms with Gasteiger partial charge in [-0.1, -0.05) is 0 Å². The summed E-state index contributed by atoms with van der Waals surface area (Å²) >= 11 is 0. The topological polar surface area (TPSA) is 73.3 Å². The molecule has 0 aliphatic carbocycles. The van der Waals surface area contributed by atoms with Gasteiger partial charge in [-0.3, -0.25) is 10.1 Å². The number of aryl methyl sites for hydroxylation is 1. The first-order valence-corrected chi connectivity index (χ1v) is 4.27. The molecule has 0 radical (unpaired) electrons. The van der Waals surface area contributed by atoms with Gasteiger partial charge in [0.2, 0.25) is 0 Å². The fourth-order valence-corrected chi connectivity index (χ4v) is 1.48. The highest BCUT2D eigenvalue weighted by Gasteiger charge is 2.16. The summed E-state index contributed by atoms with van der Waals surface area (Å²) in [5.41, 5.74) is 0.248. The zero-order chi connectivity index (χ0) is 11.0. The molecule has 0 fully saturated rings. The van der Waals surface area contributed by atoms with Crippen molar-refractivity contribution in [2.45, 2.75) is 6.92 Å². The minimum atomic E-state index is -0.513. The molecule has 0 saturated carbocycles. The minimum absolute atomic E-state index is 0.0174. The van der Waals surface area contributed by atoms with E-state index in [4.69, 9.17) is 4.42 Å². The number of benzene rings is 1. The second kappa shape index (κ2) is 3.20. The van der Waals surface area contributed by atoms with Gasteiger partial charge in [0.15, 0.2) is 0 Å². The lowest BCUT2D eigenvalue weighted by Crippen LogP contribution is -1.98. The van der Waals surface area contributed by atoms with Gasteiger partial charge in [-0.05, 0) is 25.1 Å². The van der Waals surface area contributed by atoms with Gasteiger partial charge in [-0.15, -0.1) is 0 Å². The zero-order valence-electron chi connectivity index (χ0n) is 7.89. The second-order valence-corrected chi connectivity index (χ2v) is 3.15. The van der Waals surface area contributed by atoms with Crippen LogP contribution < -0.4 is 5.63 Å². The molecule has 0 bridgehead atoms. The van der Waals surface area contributed by atoms with Crippen LogP contribution in [0.25, 0.3) is 11.0 Å². The van der Waals surface area contributed by atoms with Crippen LogP contribution in [0, 0.1) is 17.0 Å². The Morgan fingerprint density at radius 3 is 2.67 bits per heavy atom. The van der Waals surface area contributed by atoms with Gasteiger partial charge in [-0.2, -0.15) is 0 Å². The van der Waals surface area contributed by atoms with Crippen molar-refractivity contribution in [3.05, 3.63) is 50.4 Å². The van der Waals surface area contributed by atoms with Crippen LogP contribution >= 0.6 is 0 Å². The molecule has 2 rings (SSSR count). The summed E-state index contributed by atoms with van der Waals surface area (Å²) in [6, 6.07) is 5.70. The summed E-state index contributed by atoms with van der Waals surface area (Å²) in [7, 11) is 0. The summed E-state index contributed by atoms with van der Waals surface area (Å²) in [5, 5.41) is 11.2. The van der Waals surface area contributed by atoms with E-state index >= 15 is 0 Å². The van der Waals surface area contributed by atoms with Crippen LogP contribution in [0.3, 0.4) is 0 Å². The SMILES string of the molecule is Cc1ccc2oc(=O)ccc2c1[N+](=O)[O-]. The molecule has 5 heteroatoms. The Morgan fingerprint density at radius 2 is 2.00 bits per heavy atom. The highest BCUT2D eigenvalue weighted by atomic mass is 16.6. The van der Waals surface area contributed by atoms with E-state index in [9.17, 15) is 14.9 Å². The van der Waals surface area contributed by atoms with Gasteiger partial charge in [-0.25, -0.2) is 4.79 Å². The molecule has 0 aliphatic rings. The van der Waals surface area contributed by atoms with Crippen molar-refractivity contribution in [2.75, 3.05) is 0 Å². The standard InChI is InChI=1S/C10H7NO4/c1-6-2-4-8-7(10(6)11(13)14)3-5-9(12)15-8/h2-5H,1H3. The van der Waals surface area contributed by atoms with E-state index in [2.05, 4.69) is 0 Å². The van der Waals surface area contributed by atoms with E-state index in [0.717, 1.165) is 0 Å². The monoisotopic (exact) mass is 205 g/mol. The van der Waals surface area contributed by atoms with Crippen molar-refractivity contribution in [3.63, 3.8) is 0 Å². The summed E-state index contributed by atoms with van der Waals surface area (Å²) < 4.78 is 4.85. The highest BCUT2D eigenvalue weighted by molar-refractivity contribution is 5.87. The lowest BCUT2D eigenvalue weighted by atomic mass is 10.1. The quantitative estimate of drug-likeness (QED) is 0.405. The first kappa shape index (κ1) is 9.39. The number of nitro groups is 1. The molecule has 1 aromatic heterocycles. The van der Waals surface area contributed by atoms with Gasteiger partial charge >= 0.3 is 5.63 Å². The number of nitro benzene ring substituents is 1. The first-order valence-electron chi connectivity index (χ1n) is 4.27. The van der Waals surface area contributed by atoms with Crippen LogP contribution in [0.15, 0.2) is 33.5 Å². The number of nitrogens with zero attached hydrogens (tertiary/aromatic N) is 1. The number of hydrogen-bond acceptors (Lipinski definition) is 4. The summed E-state index contributed by atoms with van der Waals surface area (Å²) in [6.07, 6.45) is 0.